The molecular formula is C5H12MgO2. The van der Waals surface area contributed by atoms with E-state index in [1.807, 2.05) is 6.92 Å². The first-order chi connectivity index (χ1) is 3.41. The maximum Gasteiger partial charge on any atom is 2.00 e. The predicted molar refractivity (Wildman–Crippen MR) is 31.5 cm³/mol. The molecule has 0 bridgehead atoms. The van der Waals surface area contributed by atoms with Crippen molar-refractivity contribution in [1.29, 1.82) is 0 Å². The average Bonchev–Trinajstić information content (AvgIpc) is 1.75. The van der Waals surface area contributed by atoms with Crippen molar-refractivity contribution in [3.63, 3.8) is 0 Å². The zero-order valence-electron chi connectivity index (χ0n) is 5.64. The van der Waals surface area contributed by atoms with Gasteiger partial charge in [0.05, 0.1) is 0 Å². The fourth-order valence-corrected chi connectivity index (χ4v) is 0.144. The summed E-state index contributed by atoms with van der Waals surface area (Å²) in [6.45, 7) is 2.11. The van der Waals surface area contributed by atoms with Gasteiger partial charge < -0.3 is 10.2 Å². The van der Waals surface area contributed by atoms with Gasteiger partial charge in [0.15, 0.2) is 0 Å². The fraction of sp³-hybridized carbons (Fsp3) is 1.00. The van der Waals surface area contributed by atoms with Gasteiger partial charge >= 0.3 is 23.1 Å². The molecule has 0 fully saturated rings. The van der Waals surface area contributed by atoms with Gasteiger partial charge in [-0.05, 0) is 0 Å². The molecule has 0 radical (unpaired) electrons. The first-order valence-corrected chi connectivity index (χ1v) is 2.40. The number of hydrogen-bond acceptors (Lipinski definition) is 2. The first-order valence-electron chi connectivity index (χ1n) is 2.40. The van der Waals surface area contributed by atoms with Crippen LogP contribution in [0.25, 0.3) is 0 Å². The monoisotopic (exact) mass is 128 g/mol. The molecule has 0 amide bonds. The largest absolute Gasteiger partial charge is 2.00 e. The quantitative estimate of drug-likeness (QED) is 0.436. The van der Waals surface area contributed by atoms with E-state index < -0.39 is 0 Å². The SMILES string of the molecule is CCCC[O-].C[O-].[Mg+2]. The van der Waals surface area contributed by atoms with E-state index in [1.54, 1.807) is 0 Å². The van der Waals surface area contributed by atoms with E-state index in [9.17, 15) is 5.11 Å². The van der Waals surface area contributed by atoms with Crippen LogP contribution in [0.5, 0.6) is 0 Å². The summed E-state index contributed by atoms with van der Waals surface area (Å²) < 4.78 is 0. The topological polar surface area (TPSA) is 46.1 Å². The molecule has 0 rings (SSSR count). The summed E-state index contributed by atoms with van der Waals surface area (Å²) in [7, 11) is 0.750. The fourth-order valence-electron chi connectivity index (χ4n) is 0.144. The van der Waals surface area contributed by atoms with Crippen molar-refractivity contribution in [3.05, 3.63) is 0 Å². The molecule has 0 saturated heterocycles. The van der Waals surface area contributed by atoms with Crippen molar-refractivity contribution >= 4 is 23.1 Å². The van der Waals surface area contributed by atoms with Crippen LogP contribution in [-0.2, 0) is 0 Å². The van der Waals surface area contributed by atoms with Crippen LogP contribution in [0.2, 0.25) is 0 Å². The van der Waals surface area contributed by atoms with Gasteiger partial charge in [0.2, 0.25) is 0 Å². The van der Waals surface area contributed by atoms with Crippen LogP contribution >= 0.6 is 0 Å². The van der Waals surface area contributed by atoms with E-state index >= 15 is 0 Å². The summed E-state index contributed by atoms with van der Waals surface area (Å²) in [5.74, 6) is 0. The van der Waals surface area contributed by atoms with Gasteiger partial charge in [-0.25, -0.2) is 0 Å². The summed E-state index contributed by atoms with van der Waals surface area (Å²) in [6, 6.07) is 0. The zero-order valence-corrected chi connectivity index (χ0v) is 7.06. The van der Waals surface area contributed by atoms with Gasteiger partial charge in [0.1, 0.15) is 0 Å². The Morgan fingerprint density at radius 3 is 1.62 bits per heavy atom. The normalized spacial score (nSPS) is 6.00. The molecule has 46 valence electrons. The Kier molecular flexibility index (Phi) is 50.2. The van der Waals surface area contributed by atoms with Crippen molar-refractivity contribution in [2.24, 2.45) is 0 Å². The van der Waals surface area contributed by atoms with Crippen LogP contribution < -0.4 is 10.2 Å². The number of hydrogen-bond donors (Lipinski definition) is 0. The van der Waals surface area contributed by atoms with Crippen LogP contribution in [0.15, 0.2) is 0 Å². The molecule has 0 aliphatic heterocycles. The third kappa shape index (κ3) is 30.0. The maximum absolute atomic E-state index is 9.53. The minimum atomic E-state index is 0. The van der Waals surface area contributed by atoms with E-state index in [-0.39, 0.29) is 29.7 Å². The molecule has 0 aromatic heterocycles. The minimum Gasteiger partial charge on any atom is -0.857 e. The summed E-state index contributed by atoms with van der Waals surface area (Å²) in [5, 5.41) is 17.8. The second kappa shape index (κ2) is 25.3. The number of unbranched alkanes of at least 4 members (excludes halogenated alkanes) is 1. The van der Waals surface area contributed by atoms with Crippen LogP contribution in [0, 0.1) is 0 Å². The van der Waals surface area contributed by atoms with Crippen LogP contribution in [0.3, 0.4) is 0 Å². The second-order valence-electron chi connectivity index (χ2n) is 1.06. The van der Waals surface area contributed by atoms with E-state index in [2.05, 4.69) is 0 Å². The van der Waals surface area contributed by atoms with Crippen LogP contribution in [-0.4, -0.2) is 36.8 Å². The molecule has 0 atom stereocenters. The molecule has 0 spiro atoms. The zero-order chi connectivity index (χ0) is 6.12. The molecule has 3 heteroatoms. The first kappa shape index (κ1) is 15.9. The molecule has 0 aromatic carbocycles. The van der Waals surface area contributed by atoms with Gasteiger partial charge in [-0.1, -0.05) is 19.8 Å². The summed E-state index contributed by atoms with van der Waals surface area (Å²) in [6.07, 6.45) is 1.86. The molecule has 0 saturated carbocycles. The Morgan fingerprint density at radius 2 is 1.62 bits per heavy atom. The van der Waals surface area contributed by atoms with Gasteiger partial charge in [-0.15, -0.1) is 6.61 Å². The summed E-state index contributed by atoms with van der Waals surface area (Å²) >= 11 is 0. The molecule has 0 aromatic rings. The Bertz CT molecular complexity index is 17.9. The molecule has 0 unspecified atom stereocenters. The van der Waals surface area contributed by atoms with E-state index in [4.69, 9.17) is 5.11 Å². The standard InChI is InChI=1S/C4H9O.CH3O.Mg/c1-2-3-4-5;1-2;/h2-4H2,1H3;1H3;/q2*-1;+2. The summed E-state index contributed by atoms with van der Waals surface area (Å²) in [4.78, 5) is 0. The molecule has 8 heavy (non-hydrogen) atoms. The van der Waals surface area contributed by atoms with E-state index in [1.165, 1.54) is 0 Å². The van der Waals surface area contributed by atoms with Gasteiger partial charge in [0, 0.05) is 0 Å². The molecule has 0 heterocycles. The number of rotatable bonds is 2. The molecule has 2 nitrogen and oxygen atoms in total. The Hall–Kier alpha value is 0.686. The van der Waals surface area contributed by atoms with Gasteiger partial charge in [-0.2, -0.15) is 7.11 Å². The average molecular weight is 128 g/mol. The molecule has 0 aliphatic rings. The Balaban J connectivity index is -0.0000000750. The van der Waals surface area contributed by atoms with E-state index in [0.717, 1.165) is 20.0 Å². The third-order valence-electron chi connectivity index (χ3n) is 0.498. The van der Waals surface area contributed by atoms with Crippen molar-refractivity contribution < 1.29 is 10.2 Å². The molecule has 0 aliphatic carbocycles. The van der Waals surface area contributed by atoms with Crippen molar-refractivity contribution in [2.75, 3.05) is 13.7 Å². The van der Waals surface area contributed by atoms with Crippen LogP contribution in [0.1, 0.15) is 19.8 Å². The Morgan fingerprint density at radius 1 is 1.25 bits per heavy atom. The minimum absolute atomic E-state index is 0. The Labute approximate surface area is 67.1 Å². The van der Waals surface area contributed by atoms with Gasteiger partial charge in [-0.3, -0.25) is 0 Å². The molecular weight excluding hydrogens is 116 g/mol. The predicted octanol–water partition coefficient (Wildman–Crippen LogP) is -1.26. The van der Waals surface area contributed by atoms with E-state index in [0.29, 0.717) is 0 Å². The van der Waals surface area contributed by atoms with Crippen molar-refractivity contribution in [2.45, 2.75) is 19.8 Å². The maximum atomic E-state index is 9.53. The molecule has 0 N–H and O–H groups in total. The van der Waals surface area contributed by atoms with Crippen LogP contribution in [0.4, 0.5) is 0 Å². The smallest absolute Gasteiger partial charge is 0.857 e. The second-order valence-corrected chi connectivity index (χ2v) is 1.06. The van der Waals surface area contributed by atoms with Crippen molar-refractivity contribution in [3.8, 4) is 0 Å². The van der Waals surface area contributed by atoms with Crippen molar-refractivity contribution in [1.82, 2.24) is 0 Å². The summed E-state index contributed by atoms with van der Waals surface area (Å²) in [5.41, 5.74) is 0. The third-order valence-corrected chi connectivity index (χ3v) is 0.498. The van der Waals surface area contributed by atoms with Gasteiger partial charge in [0.25, 0.3) is 0 Å².